The summed E-state index contributed by atoms with van der Waals surface area (Å²) in [5.74, 6) is 0.830. The molecule has 1 fully saturated rings. The smallest absolute Gasteiger partial charge is 0.145 e. The molecular formula is C19H19Cl2N4O. The van der Waals surface area contributed by atoms with Gasteiger partial charge in [-0.2, -0.15) is 0 Å². The normalized spacial score (nSPS) is 22.8. The van der Waals surface area contributed by atoms with E-state index < -0.39 is 0 Å². The number of aromatic nitrogens is 3. The Morgan fingerprint density at radius 1 is 1.19 bits per heavy atom. The minimum atomic E-state index is -0.355. The standard InChI is InChI=1S/C19H19Cl2N4O/c1-11-6-13(8-17(11)26)25-5-4-14-18(23-10-24-19(14)25)22-9-12-2-3-15(20)16(21)7-12/h2-5,7,10-11,13,17,26H,1,6,8-9H2,(H,22,23,24)/t11-,13+,17-/m0/s1. The highest BCUT2D eigenvalue weighted by molar-refractivity contribution is 6.42. The maximum atomic E-state index is 10.0. The lowest BCUT2D eigenvalue weighted by atomic mass is 10.1. The van der Waals surface area contributed by atoms with E-state index in [2.05, 4.69) is 26.8 Å². The van der Waals surface area contributed by atoms with Crippen molar-refractivity contribution in [2.45, 2.75) is 31.5 Å². The van der Waals surface area contributed by atoms with Crippen LogP contribution in [0.2, 0.25) is 10.0 Å². The topological polar surface area (TPSA) is 63.0 Å². The Balaban J connectivity index is 1.57. The highest BCUT2D eigenvalue weighted by atomic mass is 35.5. The summed E-state index contributed by atoms with van der Waals surface area (Å²) in [6, 6.07) is 7.78. The quantitative estimate of drug-likeness (QED) is 0.689. The Morgan fingerprint density at radius 3 is 2.77 bits per heavy atom. The molecule has 1 aliphatic carbocycles. The third-order valence-corrected chi connectivity index (χ3v) is 5.72. The maximum absolute atomic E-state index is 10.0. The molecule has 4 rings (SSSR count). The van der Waals surface area contributed by atoms with Crippen LogP contribution in [0.15, 0.2) is 36.8 Å². The molecule has 7 heteroatoms. The van der Waals surface area contributed by atoms with Gasteiger partial charge in [-0.1, -0.05) is 29.3 Å². The Labute approximate surface area is 162 Å². The lowest BCUT2D eigenvalue weighted by molar-refractivity contribution is 0.149. The first kappa shape index (κ1) is 17.6. The van der Waals surface area contributed by atoms with Crippen molar-refractivity contribution in [1.29, 1.82) is 0 Å². The summed E-state index contributed by atoms with van der Waals surface area (Å²) >= 11 is 12.0. The molecule has 0 saturated heterocycles. The van der Waals surface area contributed by atoms with Crippen LogP contribution in [-0.2, 0) is 6.54 Å². The molecule has 26 heavy (non-hydrogen) atoms. The van der Waals surface area contributed by atoms with Gasteiger partial charge >= 0.3 is 0 Å². The van der Waals surface area contributed by atoms with Gasteiger partial charge in [-0.25, -0.2) is 9.97 Å². The van der Waals surface area contributed by atoms with E-state index in [1.807, 2.05) is 24.4 Å². The zero-order valence-corrected chi connectivity index (χ0v) is 15.6. The van der Waals surface area contributed by atoms with E-state index in [0.29, 0.717) is 23.0 Å². The summed E-state index contributed by atoms with van der Waals surface area (Å²) in [7, 11) is 0. The molecule has 0 amide bonds. The molecule has 5 nitrogen and oxygen atoms in total. The zero-order valence-electron chi connectivity index (χ0n) is 14.1. The Morgan fingerprint density at radius 2 is 2.04 bits per heavy atom. The van der Waals surface area contributed by atoms with Crippen LogP contribution in [0.25, 0.3) is 11.0 Å². The third-order valence-electron chi connectivity index (χ3n) is 4.98. The van der Waals surface area contributed by atoms with Gasteiger partial charge in [0, 0.05) is 18.8 Å². The SMILES string of the molecule is [CH2][C@H]1C[C@@H](n2ccc3c(NCc4ccc(Cl)c(Cl)c4)ncnc32)C[C@@H]1O. The number of anilines is 1. The minimum absolute atomic E-state index is 0.0616. The van der Waals surface area contributed by atoms with Crippen molar-refractivity contribution >= 4 is 40.1 Å². The lowest BCUT2D eigenvalue weighted by Crippen LogP contribution is -2.09. The Hall–Kier alpha value is -1.82. The Bertz CT molecular complexity index is 932. The second-order valence-electron chi connectivity index (χ2n) is 6.74. The fraction of sp³-hybridized carbons (Fsp3) is 0.316. The Kier molecular flexibility index (Phi) is 4.78. The summed E-state index contributed by atoms with van der Waals surface area (Å²) < 4.78 is 2.12. The third kappa shape index (κ3) is 3.27. The van der Waals surface area contributed by atoms with Crippen LogP contribution in [0.5, 0.6) is 0 Å². The van der Waals surface area contributed by atoms with Gasteiger partial charge in [-0.05, 0) is 49.4 Å². The molecule has 2 aromatic heterocycles. The van der Waals surface area contributed by atoms with Crippen LogP contribution in [0.3, 0.4) is 0 Å². The zero-order chi connectivity index (χ0) is 18.3. The van der Waals surface area contributed by atoms with Crippen molar-refractivity contribution in [3.63, 3.8) is 0 Å². The highest BCUT2D eigenvalue weighted by Gasteiger charge is 2.31. The van der Waals surface area contributed by atoms with Gasteiger partial charge in [-0.3, -0.25) is 0 Å². The molecule has 0 bridgehead atoms. The first-order chi connectivity index (χ1) is 12.5. The van der Waals surface area contributed by atoms with Crippen molar-refractivity contribution in [1.82, 2.24) is 14.5 Å². The van der Waals surface area contributed by atoms with E-state index in [-0.39, 0.29) is 18.1 Å². The lowest BCUT2D eigenvalue weighted by Gasteiger charge is -2.13. The van der Waals surface area contributed by atoms with Gasteiger partial charge in [0.1, 0.15) is 17.8 Å². The highest BCUT2D eigenvalue weighted by Crippen LogP contribution is 2.37. The van der Waals surface area contributed by atoms with E-state index >= 15 is 0 Å². The second-order valence-corrected chi connectivity index (χ2v) is 7.55. The molecule has 0 unspecified atom stereocenters. The number of benzene rings is 1. The number of nitrogens with one attached hydrogen (secondary N) is 1. The summed E-state index contributed by atoms with van der Waals surface area (Å²) in [6.45, 7) is 4.60. The summed E-state index contributed by atoms with van der Waals surface area (Å²) in [4.78, 5) is 8.82. The summed E-state index contributed by atoms with van der Waals surface area (Å²) in [5.41, 5.74) is 1.88. The van der Waals surface area contributed by atoms with Gasteiger partial charge in [0.25, 0.3) is 0 Å². The van der Waals surface area contributed by atoms with Crippen molar-refractivity contribution < 1.29 is 5.11 Å². The van der Waals surface area contributed by atoms with E-state index in [0.717, 1.165) is 28.8 Å². The van der Waals surface area contributed by atoms with Gasteiger partial charge in [-0.15, -0.1) is 0 Å². The fourth-order valence-electron chi connectivity index (χ4n) is 3.54. The molecule has 0 spiro atoms. The number of aliphatic hydroxyl groups is 1. The van der Waals surface area contributed by atoms with Crippen LogP contribution in [-0.4, -0.2) is 25.7 Å². The molecule has 2 heterocycles. The number of hydrogen-bond acceptors (Lipinski definition) is 4. The number of halogens is 2. The van der Waals surface area contributed by atoms with E-state index in [1.165, 1.54) is 0 Å². The second kappa shape index (κ2) is 7.06. The average molecular weight is 390 g/mol. The average Bonchev–Trinajstić information content (AvgIpc) is 3.20. The number of rotatable bonds is 4. The molecule has 1 aliphatic rings. The molecule has 1 aromatic carbocycles. The van der Waals surface area contributed by atoms with Crippen molar-refractivity contribution in [3.05, 3.63) is 59.3 Å². The van der Waals surface area contributed by atoms with Crippen LogP contribution in [0.1, 0.15) is 24.4 Å². The van der Waals surface area contributed by atoms with Gasteiger partial charge in [0.05, 0.1) is 21.5 Å². The van der Waals surface area contributed by atoms with Crippen LogP contribution < -0.4 is 5.32 Å². The molecule has 3 aromatic rings. The minimum Gasteiger partial charge on any atom is -0.393 e. The van der Waals surface area contributed by atoms with Crippen LogP contribution in [0.4, 0.5) is 5.82 Å². The van der Waals surface area contributed by atoms with Crippen molar-refractivity contribution in [2.24, 2.45) is 5.92 Å². The summed E-state index contributed by atoms with van der Waals surface area (Å²) in [6.07, 6.45) is 4.77. The number of nitrogens with zero attached hydrogens (tertiary/aromatic N) is 3. The predicted octanol–water partition coefficient (Wildman–Crippen LogP) is 4.50. The van der Waals surface area contributed by atoms with Gasteiger partial charge < -0.3 is 15.0 Å². The predicted molar refractivity (Wildman–Crippen MR) is 104 cm³/mol. The van der Waals surface area contributed by atoms with E-state index in [4.69, 9.17) is 23.2 Å². The summed E-state index contributed by atoms with van der Waals surface area (Å²) in [5, 5.41) is 15.4. The fourth-order valence-corrected chi connectivity index (χ4v) is 3.86. The van der Waals surface area contributed by atoms with Gasteiger partial charge in [0.2, 0.25) is 0 Å². The molecule has 3 atom stereocenters. The first-order valence-electron chi connectivity index (χ1n) is 8.53. The van der Waals surface area contributed by atoms with Crippen LogP contribution >= 0.6 is 23.2 Å². The number of hydrogen-bond donors (Lipinski definition) is 2. The maximum Gasteiger partial charge on any atom is 0.145 e. The largest absolute Gasteiger partial charge is 0.393 e. The van der Waals surface area contributed by atoms with E-state index in [1.54, 1.807) is 12.4 Å². The van der Waals surface area contributed by atoms with Gasteiger partial charge in [0.15, 0.2) is 0 Å². The van der Waals surface area contributed by atoms with Crippen molar-refractivity contribution in [2.75, 3.05) is 5.32 Å². The molecule has 0 aliphatic heterocycles. The van der Waals surface area contributed by atoms with Crippen LogP contribution in [0, 0.1) is 12.8 Å². The first-order valence-corrected chi connectivity index (χ1v) is 9.29. The molecular weight excluding hydrogens is 371 g/mol. The molecule has 2 N–H and O–H groups in total. The van der Waals surface area contributed by atoms with Crippen molar-refractivity contribution in [3.8, 4) is 0 Å². The monoisotopic (exact) mass is 389 g/mol. The molecule has 135 valence electrons. The number of fused-ring (bicyclic) bond motifs is 1. The number of aliphatic hydroxyl groups excluding tert-OH is 1. The van der Waals surface area contributed by atoms with E-state index in [9.17, 15) is 5.11 Å². The molecule has 1 saturated carbocycles. The molecule has 1 radical (unpaired) electrons.